The number of alkyl halides is 3. The van der Waals surface area contributed by atoms with E-state index in [1.54, 1.807) is 11.8 Å². The quantitative estimate of drug-likeness (QED) is 0.538. The van der Waals surface area contributed by atoms with E-state index in [9.17, 15) is 18.0 Å². The third-order valence-electron chi connectivity index (χ3n) is 3.81. The summed E-state index contributed by atoms with van der Waals surface area (Å²) in [6.45, 7) is 4.25. The van der Waals surface area contributed by atoms with Crippen LogP contribution < -0.4 is 5.32 Å². The summed E-state index contributed by atoms with van der Waals surface area (Å²) < 4.78 is 43.2. The fourth-order valence-corrected chi connectivity index (χ4v) is 3.33. The van der Waals surface area contributed by atoms with Crippen molar-refractivity contribution in [2.75, 3.05) is 5.32 Å². The average Bonchev–Trinajstić information content (AvgIpc) is 3.09. The van der Waals surface area contributed by atoms with Gasteiger partial charge in [-0.3, -0.25) is 10.1 Å². The summed E-state index contributed by atoms with van der Waals surface area (Å²) in [5, 5.41) is 10.5. The number of carbonyl (C=O) groups is 1. The van der Waals surface area contributed by atoms with E-state index >= 15 is 0 Å². The smallest absolute Gasteiger partial charge is 0.407 e. The first kappa shape index (κ1) is 20.9. The van der Waals surface area contributed by atoms with Gasteiger partial charge in [0, 0.05) is 15.7 Å². The molecule has 0 unspecified atom stereocenters. The molecule has 3 rings (SSSR count). The molecule has 1 amide bonds. The van der Waals surface area contributed by atoms with Gasteiger partial charge in [-0.1, -0.05) is 31.1 Å². The standard InChI is InChI=1S/C20H18F3N3O2S/c1-12(2)29-16-9-3-13(4-10-16)11-17-25-26-19(28-17)24-18(27)14-5-7-15(8-6-14)20(21,22)23/h3-10,12H,11H2,1-2H3,(H,24,26,27). The maximum Gasteiger partial charge on any atom is 0.416 e. The molecular formula is C20H18F3N3O2S. The number of hydrogen-bond donors (Lipinski definition) is 1. The summed E-state index contributed by atoms with van der Waals surface area (Å²) in [5.41, 5.74) is 0.199. The maximum atomic E-state index is 12.6. The highest BCUT2D eigenvalue weighted by molar-refractivity contribution is 7.99. The molecule has 3 aromatic rings. The normalized spacial score (nSPS) is 11.7. The monoisotopic (exact) mass is 421 g/mol. The zero-order chi connectivity index (χ0) is 21.0. The fourth-order valence-electron chi connectivity index (χ4n) is 2.49. The number of aromatic nitrogens is 2. The highest BCUT2D eigenvalue weighted by Gasteiger charge is 2.30. The molecule has 2 aromatic carbocycles. The molecule has 0 spiro atoms. The van der Waals surface area contributed by atoms with Crippen LogP contribution in [0.5, 0.6) is 0 Å². The molecule has 5 nitrogen and oxygen atoms in total. The van der Waals surface area contributed by atoms with Gasteiger partial charge in [0.25, 0.3) is 5.91 Å². The number of hydrogen-bond acceptors (Lipinski definition) is 5. The molecule has 0 saturated heterocycles. The Hall–Kier alpha value is -2.81. The van der Waals surface area contributed by atoms with E-state index in [-0.39, 0.29) is 11.6 Å². The summed E-state index contributed by atoms with van der Waals surface area (Å²) in [7, 11) is 0. The third kappa shape index (κ3) is 5.83. The van der Waals surface area contributed by atoms with Gasteiger partial charge in [0.15, 0.2) is 0 Å². The number of benzene rings is 2. The van der Waals surface area contributed by atoms with Gasteiger partial charge in [-0.15, -0.1) is 16.9 Å². The minimum absolute atomic E-state index is 0.0518. The molecule has 152 valence electrons. The number of amides is 1. The average molecular weight is 421 g/mol. The second kappa shape index (κ2) is 8.69. The lowest BCUT2D eigenvalue weighted by Gasteiger charge is -2.07. The van der Waals surface area contributed by atoms with Crippen molar-refractivity contribution < 1.29 is 22.4 Å². The summed E-state index contributed by atoms with van der Waals surface area (Å²) in [5.74, 6) is -0.319. The molecular weight excluding hydrogens is 403 g/mol. The number of anilines is 1. The van der Waals surface area contributed by atoms with Gasteiger partial charge in [0.2, 0.25) is 5.89 Å². The largest absolute Gasteiger partial charge is 0.416 e. The van der Waals surface area contributed by atoms with Crippen LogP contribution in [0.15, 0.2) is 57.8 Å². The second-order valence-electron chi connectivity index (χ2n) is 6.52. The van der Waals surface area contributed by atoms with Crippen LogP contribution in [0.2, 0.25) is 0 Å². The van der Waals surface area contributed by atoms with E-state index < -0.39 is 17.6 Å². The van der Waals surface area contributed by atoms with Gasteiger partial charge in [-0.2, -0.15) is 13.2 Å². The molecule has 0 aliphatic carbocycles. The van der Waals surface area contributed by atoms with Gasteiger partial charge in [-0.05, 0) is 42.0 Å². The van der Waals surface area contributed by atoms with Crippen LogP contribution in [0, 0.1) is 0 Å². The van der Waals surface area contributed by atoms with Crippen molar-refractivity contribution in [2.24, 2.45) is 0 Å². The maximum absolute atomic E-state index is 12.6. The van der Waals surface area contributed by atoms with Gasteiger partial charge >= 0.3 is 12.2 Å². The molecule has 0 fully saturated rings. The van der Waals surface area contributed by atoms with E-state index in [1.165, 1.54) is 4.90 Å². The van der Waals surface area contributed by atoms with Crippen LogP contribution in [0.4, 0.5) is 19.2 Å². The number of thioether (sulfide) groups is 1. The van der Waals surface area contributed by atoms with Crippen LogP contribution in [-0.2, 0) is 12.6 Å². The Morgan fingerprint density at radius 1 is 1.07 bits per heavy atom. The zero-order valence-electron chi connectivity index (χ0n) is 15.7. The second-order valence-corrected chi connectivity index (χ2v) is 8.17. The van der Waals surface area contributed by atoms with Crippen molar-refractivity contribution in [1.29, 1.82) is 0 Å². The van der Waals surface area contributed by atoms with E-state index in [1.807, 2.05) is 24.3 Å². The van der Waals surface area contributed by atoms with Crippen molar-refractivity contribution in [2.45, 2.75) is 36.6 Å². The summed E-state index contributed by atoms with van der Waals surface area (Å²) in [6, 6.07) is 11.7. The molecule has 29 heavy (non-hydrogen) atoms. The number of nitrogens with one attached hydrogen (secondary N) is 1. The third-order valence-corrected chi connectivity index (χ3v) is 4.83. The van der Waals surface area contributed by atoms with E-state index in [0.29, 0.717) is 17.6 Å². The molecule has 0 saturated carbocycles. The minimum atomic E-state index is -4.46. The summed E-state index contributed by atoms with van der Waals surface area (Å²) in [4.78, 5) is 13.3. The molecule has 0 atom stereocenters. The van der Waals surface area contributed by atoms with Crippen molar-refractivity contribution in [3.63, 3.8) is 0 Å². The Labute approximate surface area is 169 Å². The zero-order valence-corrected chi connectivity index (χ0v) is 16.5. The van der Waals surface area contributed by atoms with Crippen LogP contribution >= 0.6 is 11.8 Å². The van der Waals surface area contributed by atoms with E-state index in [0.717, 1.165) is 29.8 Å². The Morgan fingerprint density at radius 2 is 1.72 bits per heavy atom. The molecule has 1 heterocycles. The first-order valence-corrected chi connectivity index (χ1v) is 9.65. The highest BCUT2D eigenvalue weighted by Crippen LogP contribution is 2.29. The van der Waals surface area contributed by atoms with Crippen molar-refractivity contribution in [1.82, 2.24) is 10.2 Å². The summed E-state index contributed by atoms with van der Waals surface area (Å²) >= 11 is 1.76. The Bertz CT molecular complexity index is 968. The Balaban J connectivity index is 1.60. The molecule has 9 heteroatoms. The molecule has 0 aliphatic rings. The molecule has 0 radical (unpaired) electrons. The van der Waals surface area contributed by atoms with Gasteiger partial charge < -0.3 is 4.42 Å². The predicted octanol–water partition coefficient (Wildman–Crippen LogP) is 5.43. The van der Waals surface area contributed by atoms with Crippen molar-refractivity contribution >= 4 is 23.7 Å². The lowest BCUT2D eigenvalue weighted by Crippen LogP contribution is -2.13. The van der Waals surface area contributed by atoms with Crippen LogP contribution in [0.25, 0.3) is 0 Å². The minimum Gasteiger partial charge on any atom is -0.407 e. The fraction of sp³-hybridized carbons (Fsp3) is 0.250. The first-order valence-electron chi connectivity index (χ1n) is 8.77. The molecule has 0 aliphatic heterocycles. The van der Waals surface area contributed by atoms with Gasteiger partial charge in [0.05, 0.1) is 12.0 Å². The number of halogens is 3. The SMILES string of the molecule is CC(C)Sc1ccc(Cc2nnc(NC(=O)c3ccc(C(F)(F)F)cc3)o2)cc1. The van der Waals surface area contributed by atoms with E-state index in [4.69, 9.17) is 4.42 Å². The number of nitrogens with zero attached hydrogens (tertiary/aromatic N) is 2. The van der Waals surface area contributed by atoms with Crippen LogP contribution in [0.1, 0.15) is 41.2 Å². The highest BCUT2D eigenvalue weighted by atomic mass is 32.2. The molecule has 1 aromatic heterocycles. The van der Waals surface area contributed by atoms with Gasteiger partial charge in [-0.25, -0.2) is 0 Å². The van der Waals surface area contributed by atoms with Crippen LogP contribution in [0.3, 0.4) is 0 Å². The Morgan fingerprint density at radius 3 is 2.31 bits per heavy atom. The van der Waals surface area contributed by atoms with Crippen molar-refractivity contribution in [3.05, 3.63) is 71.1 Å². The van der Waals surface area contributed by atoms with Crippen molar-refractivity contribution in [3.8, 4) is 0 Å². The van der Waals surface area contributed by atoms with E-state index in [2.05, 4.69) is 29.4 Å². The first-order chi connectivity index (χ1) is 13.7. The van der Waals surface area contributed by atoms with Gasteiger partial charge in [0.1, 0.15) is 0 Å². The number of carbonyl (C=O) groups excluding carboxylic acids is 1. The van der Waals surface area contributed by atoms with Crippen LogP contribution in [-0.4, -0.2) is 21.4 Å². The lowest BCUT2D eigenvalue weighted by molar-refractivity contribution is -0.137. The molecule has 1 N–H and O–H groups in total. The Kier molecular flexibility index (Phi) is 6.26. The predicted molar refractivity (Wildman–Crippen MR) is 104 cm³/mol. The number of rotatable bonds is 6. The lowest BCUT2D eigenvalue weighted by atomic mass is 10.1. The summed E-state index contributed by atoms with van der Waals surface area (Å²) in [6.07, 6.45) is -4.06. The molecule has 0 bridgehead atoms. The topological polar surface area (TPSA) is 68.0 Å².